The molecular weight excluding hydrogens is 260 g/mol. The van der Waals surface area contributed by atoms with Crippen LogP contribution in [0.15, 0.2) is 0 Å². The molecule has 0 aromatic rings. The van der Waals surface area contributed by atoms with Gasteiger partial charge in [0.2, 0.25) is 0 Å². The summed E-state index contributed by atoms with van der Waals surface area (Å²) in [7, 11) is -4.99. The van der Waals surface area contributed by atoms with E-state index in [4.69, 9.17) is 20.0 Å². The van der Waals surface area contributed by atoms with E-state index < -0.39 is 38.6 Å². The van der Waals surface area contributed by atoms with Crippen LogP contribution in [0.1, 0.15) is 0 Å². The first-order chi connectivity index (χ1) is 6.95. The Kier molecular flexibility index (Phi) is 5.05. The number of halogens is 3. The summed E-state index contributed by atoms with van der Waals surface area (Å²) in [4.78, 5) is 26.6. The van der Waals surface area contributed by atoms with Crippen molar-refractivity contribution in [2.75, 3.05) is 6.61 Å². The standard InChI is InChI=1S/C5H8F3O7P/c6-5(7,8)4(11)3(10)2(9)1-15-16(12,13)14/h2-3,9-10H,1H2,(H2,12,13,14)/t2-,3+/m1/s1. The molecule has 0 aromatic heterocycles. The summed E-state index contributed by atoms with van der Waals surface area (Å²) in [6.45, 7) is -1.31. The topological polar surface area (TPSA) is 124 Å². The monoisotopic (exact) mass is 268 g/mol. The predicted molar refractivity (Wildman–Crippen MR) is 41.1 cm³/mol. The maximum atomic E-state index is 11.7. The maximum absolute atomic E-state index is 11.7. The zero-order valence-electron chi connectivity index (χ0n) is 7.46. The molecule has 4 N–H and O–H groups in total. The number of ketones is 1. The number of aliphatic hydroxyl groups excluding tert-OH is 2. The van der Waals surface area contributed by atoms with Crippen molar-refractivity contribution in [2.24, 2.45) is 0 Å². The second-order valence-corrected chi connectivity index (χ2v) is 3.90. The van der Waals surface area contributed by atoms with Crippen molar-refractivity contribution in [3.8, 4) is 0 Å². The van der Waals surface area contributed by atoms with Gasteiger partial charge in [0.25, 0.3) is 5.78 Å². The number of aliphatic hydroxyl groups is 2. The van der Waals surface area contributed by atoms with Crippen LogP contribution in [-0.4, -0.2) is 50.8 Å². The fourth-order valence-electron chi connectivity index (χ4n) is 0.607. The van der Waals surface area contributed by atoms with Crippen molar-refractivity contribution >= 4 is 13.6 Å². The summed E-state index contributed by atoms with van der Waals surface area (Å²) >= 11 is 0. The first kappa shape index (κ1) is 15.5. The molecule has 0 unspecified atom stereocenters. The highest BCUT2D eigenvalue weighted by Crippen LogP contribution is 2.36. The Morgan fingerprint density at radius 1 is 1.31 bits per heavy atom. The molecule has 0 saturated heterocycles. The molecule has 0 bridgehead atoms. The maximum Gasteiger partial charge on any atom is 0.469 e. The van der Waals surface area contributed by atoms with Gasteiger partial charge in [0.1, 0.15) is 12.2 Å². The Hall–Kier alpha value is -0.510. The average Bonchev–Trinajstić information content (AvgIpc) is 2.09. The van der Waals surface area contributed by atoms with Crippen LogP contribution in [0, 0.1) is 0 Å². The highest BCUT2D eigenvalue weighted by molar-refractivity contribution is 7.46. The number of rotatable bonds is 5. The lowest BCUT2D eigenvalue weighted by molar-refractivity contribution is -0.185. The third-order valence-corrected chi connectivity index (χ3v) is 1.81. The quantitative estimate of drug-likeness (QED) is 0.469. The average molecular weight is 268 g/mol. The number of hydrogen-bond donors (Lipinski definition) is 4. The Balaban J connectivity index is 4.35. The molecule has 0 fully saturated rings. The first-order valence-electron chi connectivity index (χ1n) is 3.62. The molecule has 0 spiro atoms. The molecule has 7 nitrogen and oxygen atoms in total. The molecule has 16 heavy (non-hydrogen) atoms. The van der Waals surface area contributed by atoms with Crippen LogP contribution in [0.3, 0.4) is 0 Å². The van der Waals surface area contributed by atoms with Gasteiger partial charge >= 0.3 is 14.0 Å². The van der Waals surface area contributed by atoms with Crippen LogP contribution in [0.2, 0.25) is 0 Å². The first-order valence-corrected chi connectivity index (χ1v) is 5.15. The second-order valence-electron chi connectivity index (χ2n) is 2.66. The number of carbonyl (C=O) groups excluding carboxylic acids is 1. The van der Waals surface area contributed by atoms with E-state index in [2.05, 4.69) is 4.52 Å². The Morgan fingerprint density at radius 2 is 1.75 bits per heavy atom. The summed E-state index contributed by atoms with van der Waals surface area (Å²) in [6, 6.07) is 0. The molecule has 0 aliphatic heterocycles. The lowest BCUT2D eigenvalue weighted by atomic mass is 10.1. The van der Waals surface area contributed by atoms with E-state index in [9.17, 15) is 22.5 Å². The number of phosphoric ester groups is 1. The molecule has 0 saturated carbocycles. The zero-order chi connectivity index (χ0) is 13.1. The van der Waals surface area contributed by atoms with Gasteiger partial charge in [-0.15, -0.1) is 0 Å². The van der Waals surface area contributed by atoms with Crippen molar-refractivity contribution in [3.05, 3.63) is 0 Å². The third kappa shape index (κ3) is 5.54. The van der Waals surface area contributed by atoms with Gasteiger partial charge < -0.3 is 20.0 Å². The van der Waals surface area contributed by atoms with Gasteiger partial charge in [0.15, 0.2) is 0 Å². The summed E-state index contributed by atoms with van der Waals surface area (Å²) in [5.74, 6) is -2.63. The largest absolute Gasteiger partial charge is 0.469 e. The number of hydrogen-bond acceptors (Lipinski definition) is 5. The van der Waals surface area contributed by atoms with Crippen molar-refractivity contribution in [3.63, 3.8) is 0 Å². The molecule has 0 aliphatic carbocycles. The lowest BCUT2D eigenvalue weighted by Crippen LogP contribution is -2.43. The van der Waals surface area contributed by atoms with Crippen LogP contribution < -0.4 is 0 Å². The molecule has 2 atom stereocenters. The molecule has 0 aliphatic rings. The van der Waals surface area contributed by atoms with Crippen molar-refractivity contribution in [1.29, 1.82) is 0 Å². The second kappa shape index (κ2) is 5.21. The summed E-state index contributed by atoms with van der Waals surface area (Å²) in [5.41, 5.74) is 0. The third-order valence-electron chi connectivity index (χ3n) is 1.33. The van der Waals surface area contributed by atoms with Crippen LogP contribution >= 0.6 is 7.82 Å². The fraction of sp³-hybridized carbons (Fsp3) is 0.800. The minimum absolute atomic E-state index is 1.31. The minimum atomic E-state index is -5.36. The highest BCUT2D eigenvalue weighted by Gasteiger charge is 2.45. The van der Waals surface area contributed by atoms with E-state index in [0.717, 1.165) is 0 Å². The van der Waals surface area contributed by atoms with Gasteiger partial charge in [0.05, 0.1) is 6.61 Å². The van der Waals surface area contributed by atoms with Crippen LogP contribution in [0.5, 0.6) is 0 Å². The summed E-state index contributed by atoms with van der Waals surface area (Å²) in [5, 5.41) is 17.4. The van der Waals surface area contributed by atoms with Gasteiger partial charge in [-0.25, -0.2) is 4.57 Å². The van der Waals surface area contributed by atoms with Gasteiger partial charge in [-0.1, -0.05) is 0 Å². The number of carbonyl (C=O) groups is 1. The van der Waals surface area contributed by atoms with Crippen molar-refractivity contribution in [2.45, 2.75) is 18.4 Å². The SMILES string of the molecule is O=C([C@@H](O)[C@H](O)COP(=O)(O)O)C(F)(F)F. The summed E-state index contributed by atoms with van der Waals surface area (Å²) < 4.78 is 48.9. The van der Waals surface area contributed by atoms with E-state index in [1.807, 2.05) is 0 Å². The van der Waals surface area contributed by atoms with Crippen LogP contribution in [-0.2, 0) is 13.9 Å². The van der Waals surface area contributed by atoms with E-state index >= 15 is 0 Å². The lowest BCUT2D eigenvalue weighted by Gasteiger charge is -2.17. The molecule has 0 radical (unpaired) electrons. The molecule has 0 aromatic carbocycles. The molecule has 0 heterocycles. The minimum Gasteiger partial charge on any atom is -0.387 e. The van der Waals surface area contributed by atoms with E-state index in [-0.39, 0.29) is 0 Å². The Bertz CT molecular complexity index is 297. The molecule has 0 rings (SSSR count). The normalized spacial score (nSPS) is 16.9. The van der Waals surface area contributed by atoms with Gasteiger partial charge in [0, 0.05) is 0 Å². The predicted octanol–water partition coefficient (Wildman–Crippen LogP) is -1.05. The van der Waals surface area contributed by atoms with E-state index in [1.54, 1.807) is 0 Å². The van der Waals surface area contributed by atoms with E-state index in [0.29, 0.717) is 0 Å². The number of phosphoric acid groups is 1. The molecule has 0 amide bonds. The van der Waals surface area contributed by atoms with Crippen LogP contribution in [0.4, 0.5) is 13.2 Å². The Morgan fingerprint density at radius 3 is 2.06 bits per heavy atom. The van der Waals surface area contributed by atoms with Gasteiger partial charge in [-0.2, -0.15) is 13.2 Å². The number of alkyl halides is 3. The smallest absolute Gasteiger partial charge is 0.387 e. The highest BCUT2D eigenvalue weighted by atomic mass is 31.2. The fourth-order valence-corrected chi connectivity index (χ4v) is 0.954. The molecule has 11 heteroatoms. The Labute approximate surface area is 86.7 Å². The number of Topliss-reactive ketones (excluding diaryl/α,β-unsaturated/α-hetero) is 1. The van der Waals surface area contributed by atoms with Crippen molar-refractivity contribution < 1.29 is 47.1 Å². The summed E-state index contributed by atoms with van der Waals surface area (Å²) in [6.07, 6.45) is -10.6. The molecule has 96 valence electrons. The van der Waals surface area contributed by atoms with Gasteiger partial charge in [-0.05, 0) is 0 Å². The van der Waals surface area contributed by atoms with E-state index in [1.165, 1.54) is 0 Å². The van der Waals surface area contributed by atoms with Gasteiger partial charge in [-0.3, -0.25) is 9.32 Å². The zero-order valence-corrected chi connectivity index (χ0v) is 8.35. The van der Waals surface area contributed by atoms with Crippen molar-refractivity contribution in [1.82, 2.24) is 0 Å². The van der Waals surface area contributed by atoms with Crippen LogP contribution in [0.25, 0.3) is 0 Å². The molecular formula is C5H8F3O7P.